The number of hydrogen-bond donors (Lipinski definition) is 1. The number of fused-ring (bicyclic) bond motifs is 1. The second-order valence-electron chi connectivity index (χ2n) is 5.32. The van der Waals surface area contributed by atoms with E-state index < -0.39 is 0 Å². The molecule has 2 rings (SSSR count). The van der Waals surface area contributed by atoms with Gasteiger partial charge < -0.3 is 10.1 Å². The van der Waals surface area contributed by atoms with Crippen LogP contribution in [0, 0.1) is 0 Å². The lowest BCUT2D eigenvalue weighted by Crippen LogP contribution is -2.40. The van der Waals surface area contributed by atoms with Crippen LogP contribution in [0.25, 0.3) is 0 Å². The maximum absolute atomic E-state index is 5.87. The summed E-state index contributed by atoms with van der Waals surface area (Å²) in [5.74, 6) is 1.78. The third kappa shape index (κ3) is 3.11. The summed E-state index contributed by atoms with van der Waals surface area (Å²) in [6, 6.07) is 4.12. The third-order valence-electron chi connectivity index (χ3n) is 3.02. The fraction of sp³-hybridized carbons (Fsp3) is 0.643. The van der Waals surface area contributed by atoms with Crippen molar-refractivity contribution in [2.45, 2.75) is 52.1 Å². The highest BCUT2D eigenvalue weighted by Crippen LogP contribution is 2.31. The fourth-order valence-electron chi connectivity index (χ4n) is 2.02. The van der Waals surface area contributed by atoms with E-state index in [1.807, 2.05) is 6.07 Å². The summed E-state index contributed by atoms with van der Waals surface area (Å²) in [4.78, 5) is 4.61. The minimum absolute atomic E-state index is 0.140. The predicted octanol–water partition coefficient (Wildman–Crippen LogP) is 3.40. The van der Waals surface area contributed by atoms with Gasteiger partial charge in [-0.1, -0.05) is 19.8 Å². The van der Waals surface area contributed by atoms with Crippen LogP contribution in [0.15, 0.2) is 12.1 Å². The van der Waals surface area contributed by atoms with Gasteiger partial charge in [0.2, 0.25) is 0 Å². The molecule has 0 aliphatic carbocycles. The molecule has 0 bridgehead atoms. The number of hydrogen-bond acceptors (Lipinski definition) is 3. The number of aromatic nitrogens is 1. The molecule has 0 saturated heterocycles. The lowest BCUT2D eigenvalue weighted by Gasteiger charge is -2.32. The second-order valence-corrected chi connectivity index (χ2v) is 5.32. The number of aryl methyl sites for hydroxylation is 1. The zero-order valence-corrected chi connectivity index (χ0v) is 11.0. The van der Waals surface area contributed by atoms with Crippen molar-refractivity contribution in [3.05, 3.63) is 17.8 Å². The van der Waals surface area contributed by atoms with E-state index in [0.29, 0.717) is 0 Å². The van der Waals surface area contributed by atoms with Gasteiger partial charge in [-0.15, -0.1) is 0 Å². The maximum atomic E-state index is 5.87. The number of nitrogens with zero attached hydrogens (tertiary/aromatic N) is 1. The van der Waals surface area contributed by atoms with Crippen LogP contribution in [-0.4, -0.2) is 17.1 Å². The molecule has 3 heteroatoms. The number of ether oxygens (including phenoxy) is 1. The number of unbranched alkanes of at least 4 members (excludes halogenated alkanes) is 2. The highest BCUT2D eigenvalue weighted by atomic mass is 16.5. The van der Waals surface area contributed by atoms with E-state index in [1.165, 1.54) is 19.3 Å². The van der Waals surface area contributed by atoms with Crippen LogP contribution in [0.5, 0.6) is 5.75 Å². The molecular weight excluding hydrogens is 212 g/mol. The summed E-state index contributed by atoms with van der Waals surface area (Å²) in [7, 11) is 0. The normalized spacial score (nSPS) is 16.9. The van der Waals surface area contributed by atoms with E-state index in [4.69, 9.17) is 4.74 Å². The molecule has 3 nitrogen and oxygen atoms in total. The van der Waals surface area contributed by atoms with Crippen molar-refractivity contribution in [1.82, 2.24) is 4.98 Å². The summed E-state index contributed by atoms with van der Waals surface area (Å²) in [5, 5.41) is 3.35. The van der Waals surface area contributed by atoms with Crippen molar-refractivity contribution in [3.63, 3.8) is 0 Å². The number of pyridine rings is 1. The summed E-state index contributed by atoms with van der Waals surface area (Å²) in [6.45, 7) is 7.19. The fourth-order valence-corrected chi connectivity index (χ4v) is 2.02. The molecule has 1 aliphatic rings. The first kappa shape index (κ1) is 12.2. The van der Waals surface area contributed by atoms with Gasteiger partial charge in [0.05, 0.1) is 6.54 Å². The van der Waals surface area contributed by atoms with Crippen molar-refractivity contribution in [3.8, 4) is 5.75 Å². The number of nitrogens with one attached hydrogen (secondary N) is 1. The van der Waals surface area contributed by atoms with Crippen LogP contribution >= 0.6 is 0 Å². The Hall–Kier alpha value is -1.25. The lowest BCUT2D eigenvalue weighted by atomic mass is 10.1. The topological polar surface area (TPSA) is 34.2 Å². The van der Waals surface area contributed by atoms with E-state index in [1.54, 1.807) is 0 Å². The van der Waals surface area contributed by atoms with E-state index >= 15 is 0 Å². The minimum Gasteiger partial charge on any atom is -0.482 e. The van der Waals surface area contributed by atoms with Gasteiger partial charge in [-0.3, -0.25) is 0 Å². The van der Waals surface area contributed by atoms with Crippen LogP contribution in [0.3, 0.4) is 0 Å². The Morgan fingerprint density at radius 3 is 2.94 bits per heavy atom. The first-order valence-electron chi connectivity index (χ1n) is 6.53. The van der Waals surface area contributed by atoms with Gasteiger partial charge in [-0.2, -0.15) is 0 Å². The highest BCUT2D eigenvalue weighted by Gasteiger charge is 2.26. The van der Waals surface area contributed by atoms with Gasteiger partial charge in [0.15, 0.2) is 11.6 Å². The Morgan fingerprint density at radius 1 is 1.35 bits per heavy atom. The largest absolute Gasteiger partial charge is 0.482 e. The molecule has 17 heavy (non-hydrogen) atoms. The van der Waals surface area contributed by atoms with Gasteiger partial charge in [0.1, 0.15) is 5.60 Å². The summed E-state index contributed by atoms with van der Waals surface area (Å²) < 4.78 is 5.87. The maximum Gasteiger partial charge on any atom is 0.169 e. The first-order valence-corrected chi connectivity index (χ1v) is 6.53. The zero-order chi connectivity index (χ0) is 12.3. The first-order chi connectivity index (χ1) is 8.11. The van der Waals surface area contributed by atoms with Crippen LogP contribution in [0.2, 0.25) is 0 Å². The smallest absolute Gasteiger partial charge is 0.169 e. The monoisotopic (exact) mass is 234 g/mol. The number of anilines is 1. The molecule has 0 unspecified atom stereocenters. The van der Waals surface area contributed by atoms with Crippen molar-refractivity contribution in [1.29, 1.82) is 0 Å². The minimum atomic E-state index is -0.140. The van der Waals surface area contributed by atoms with Crippen molar-refractivity contribution >= 4 is 5.82 Å². The molecule has 2 heterocycles. The molecule has 1 N–H and O–H groups in total. The van der Waals surface area contributed by atoms with Crippen LogP contribution in [-0.2, 0) is 6.42 Å². The molecule has 0 radical (unpaired) electrons. The second kappa shape index (κ2) is 4.94. The summed E-state index contributed by atoms with van der Waals surface area (Å²) in [6.07, 6.45) is 4.80. The lowest BCUT2D eigenvalue weighted by molar-refractivity contribution is 0.115. The van der Waals surface area contributed by atoms with Gasteiger partial charge in [0.25, 0.3) is 0 Å². The molecule has 0 amide bonds. The quantitative estimate of drug-likeness (QED) is 0.811. The van der Waals surface area contributed by atoms with Gasteiger partial charge >= 0.3 is 0 Å². The molecule has 94 valence electrons. The third-order valence-corrected chi connectivity index (χ3v) is 3.02. The zero-order valence-electron chi connectivity index (χ0n) is 11.0. The van der Waals surface area contributed by atoms with Crippen LogP contribution < -0.4 is 10.1 Å². The average molecular weight is 234 g/mol. The van der Waals surface area contributed by atoms with Crippen molar-refractivity contribution in [2.75, 3.05) is 11.9 Å². The van der Waals surface area contributed by atoms with Gasteiger partial charge in [-0.25, -0.2) is 4.98 Å². The van der Waals surface area contributed by atoms with Gasteiger partial charge in [-0.05, 0) is 38.8 Å². The standard InChI is InChI=1S/C14H22N2O/c1-4-5-6-7-11-8-9-12-13(16-11)15-10-14(2,3)17-12/h8-9H,4-7,10H2,1-3H3,(H,15,16). The molecule has 1 aromatic heterocycles. The van der Waals surface area contributed by atoms with Crippen LogP contribution in [0.4, 0.5) is 5.82 Å². The summed E-state index contributed by atoms with van der Waals surface area (Å²) >= 11 is 0. The van der Waals surface area contributed by atoms with Crippen molar-refractivity contribution < 1.29 is 4.74 Å². The highest BCUT2D eigenvalue weighted by molar-refractivity contribution is 5.53. The Kier molecular flexibility index (Phi) is 3.55. The SMILES string of the molecule is CCCCCc1ccc2c(n1)NCC(C)(C)O2. The number of rotatable bonds is 4. The van der Waals surface area contributed by atoms with Gasteiger partial charge in [0, 0.05) is 5.69 Å². The molecule has 1 aliphatic heterocycles. The average Bonchev–Trinajstić information content (AvgIpc) is 2.29. The van der Waals surface area contributed by atoms with Crippen LogP contribution in [0.1, 0.15) is 45.7 Å². The molecule has 0 saturated carbocycles. The van der Waals surface area contributed by atoms with E-state index in [-0.39, 0.29) is 5.60 Å². The van der Waals surface area contributed by atoms with E-state index in [9.17, 15) is 0 Å². The summed E-state index contributed by atoms with van der Waals surface area (Å²) in [5.41, 5.74) is 1.02. The van der Waals surface area contributed by atoms with E-state index in [2.05, 4.69) is 37.1 Å². The molecular formula is C14H22N2O. The predicted molar refractivity (Wildman–Crippen MR) is 70.7 cm³/mol. The Labute approximate surface area is 104 Å². The molecule has 0 atom stereocenters. The Morgan fingerprint density at radius 2 is 2.18 bits per heavy atom. The Balaban J connectivity index is 2.05. The molecule has 1 aromatic rings. The molecule has 0 spiro atoms. The molecule has 0 aromatic carbocycles. The van der Waals surface area contributed by atoms with E-state index in [0.717, 1.165) is 30.2 Å². The Bertz CT molecular complexity index is 388. The van der Waals surface area contributed by atoms with Crippen molar-refractivity contribution in [2.24, 2.45) is 0 Å². The molecule has 0 fully saturated rings.